The van der Waals surface area contributed by atoms with E-state index in [1.54, 1.807) is 0 Å². The topological polar surface area (TPSA) is 38.3 Å². The number of nitrogens with one attached hydrogen (secondary N) is 1. The van der Waals surface area contributed by atoms with Crippen LogP contribution < -0.4 is 5.32 Å². The standard InChI is InChI=1S/C7H15NO2/c1-3-7(10-4-2)5-8-6-9/h6-7H,3-5H2,1-2H3,(H,8,9). The first-order valence-electron chi connectivity index (χ1n) is 3.63. The van der Waals surface area contributed by atoms with Gasteiger partial charge in [0.05, 0.1) is 6.10 Å². The van der Waals surface area contributed by atoms with Gasteiger partial charge in [0.15, 0.2) is 0 Å². The molecular formula is C7H15NO2. The van der Waals surface area contributed by atoms with Crippen LogP contribution >= 0.6 is 0 Å². The minimum atomic E-state index is 0.176. The molecule has 1 unspecified atom stereocenters. The van der Waals surface area contributed by atoms with Gasteiger partial charge in [-0.1, -0.05) is 6.92 Å². The van der Waals surface area contributed by atoms with Crippen LogP contribution in [0.3, 0.4) is 0 Å². The second-order valence-corrected chi connectivity index (χ2v) is 2.01. The minimum Gasteiger partial charge on any atom is -0.377 e. The van der Waals surface area contributed by atoms with Crippen LogP contribution in [0.15, 0.2) is 0 Å². The highest BCUT2D eigenvalue weighted by molar-refractivity contribution is 5.45. The number of amides is 1. The average molecular weight is 145 g/mol. The summed E-state index contributed by atoms with van der Waals surface area (Å²) in [5.41, 5.74) is 0. The molecule has 0 saturated heterocycles. The third kappa shape index (κ3) is 4.32. The lowest BCUT2D eigenvalue weighted by Gasteiger charge is -2.13. The number of ether oxygens (including phenoxy) is 1. The van der Waals surface area contributed by atoms with Crippen LogP contribution in [0.1, 0.15) is 20.3 Å². The van der Waals surface area contributed by atoms with Crippen LogP contribution in [-0.4, -0.2) is 25.7 Å². The number of hydrogen-bond acceptors (Lipinski definition) is 2. The summed E-state index contributed by atoms with van der Waals surface area (Å²) >= 11 is 0. The van der Waals surface area contributed by atoms with Crippen molar-refractivity contribution in [1.82, 2.24) is 5.32 Å². The van der Waals surface area contributed by atoms with E-state index in [4.69, 9.17) is 4.74 Å². The van der Waals surface area contributed by atoms with Crippen LogP contribution in [0.2, 0.25) is 0 Å². The Morgan fingerprint density at radius 3 is 2.70 bits per heavy atom. The molecule has 0 spiro atoms. The predicted molar refractivity (Wildman–Crippen MR) is 39.8 cm³/mol. The summed E-state index contributed by atoms with van der Waals surface area (Å²) in [5.74, 6) is 0. The first-order valence-corrected chi connectivity index (χ1v) is 3.63. The van der Waals surface area contributed by atoms with Gasteiger partial charge in [0.1, 0.15) is 0 Å². The summed E-state index contributed by atoms with van der Waals surface area (Å²) in [7, 11) is 0. The Kier molecular flexibility index (Phi) is 6.18. The Bertz CT molecular complexity index is 85.7. The Balaban J connectivity index is 3.29. The zero-order valence-corrected chi connectivity index (χ0v) is 6.59. The zero-order chi connectivity index (χ0) is 7.82. The molecule has 0 aliphatic heterocycles. The normalized spacial score (nSPS) is 12.6. The maximum absolute atomic E-state index is 9.86. The first kappa shape index (κ1) is 9.43. The second-order valence-electron chi connectivity index (χ2n) is 2.01. The molecular weight excluding hydrogens is 130 g/mol. The predicted octanol–water partition coefficient (Wildman–Crippen LogP) is 0.547. The quantitative estimate of drug-likeness (QED) is 0.554. The number of carbonyl (C=O) groups excluding carboxylic acids is 1. The lowest BCUT2D eigenvalue weighted by atomic mass is 10.3. The molecule has 1 amide bonds. The van der Waals surface area contributed by atoms with Gasteiger partial charge in [-0.2, -0.15) is 0 Å². The van der Waals surface area contributed by atoms with E-state index in [-0.39, 0.29) is 6.10 Å². The lowest BCUT2D eigenvalue weighted by Crippen LogP contribution is -2.27. The van der Waals surface area contributed by atoms with Gasteiger partial charge in [-0.05, 0) is 13.3 Å². The van der Waals surface area contributed by atoms with E-state index < -0.39 is 0 Å². The summed E-state index contributed by atoms with van der Waals surface area (Å²) in [4.78, 5) is 9.86. The monoisotopic (exact) mass is 145 g/mol. The molecule has 0 radical (unpaired) electrons. The van der Waals surface area contributed by atoms with Gasteiger partial charge in [0.2, 0.25) is 6.41 Å². The average Bonchev–Trinajstić information content (AvgIpc) is 1.98. The molecule has 0 aromatic carbocycles. The molecule has 0 aliphatic carbocycles. The van der Waals surface area contributed by atoms with E-state index in [1.165, 1.54) is 0 Å². The van der Waals surface area contributed by atoms with Gasteiger partial charge in [-0.15, -0.1) is 0 Å². The van der Waals surface area contributed by atoms with Gasteiger partial charge in [-0.25, -0.2) is 0 Å². The van der Waals surface area contributed by atoms with Crippen molar-refractivity contribution >= 4 is 6.41 Å². The summed E-state index contributed by atoms with van der Waals surface area (Å²) in [5, 5.41) is 2.58. The minimum absolute atomic E-state index is 0.176. The van der Waals surface area contributed by atoms with E-state index in [0.29, 0.717) is 19.6 Å². The highest BCUT2D eigenvalue weighted by Gasteiger charge is 2.02. The van der Waals surface area contributed by atoms with E-state index >= 15 is 0 Å². The van der Waals surface area contributed by atoms with Gasteiger partial charge >= 0.3 is 0 Å². The van der Waals surface area contributed by atoms with Crippen molar-refractivity contribution in [1.29, 1.82) is 0 Å². The van der Waals surface area contributed by atoms with Gasteiger partial charge in [-0.3, -0.25) is 4.79 Å². The Hall–Kier alpha value is -0.570. The molecule has 0 aliphatic rings. The molecule has 3 heteroatoms. The summed E-state index contributed by atoms with van der Waals surface area (Å²) in [6.07, 6.45) is 1.81. The maximum atomic E-state index is 9.86. The van der Waals surface area contributed by atoms with E-state index in [1.807, 2.05) is 13.8 Å². The summed E-state index contributed by atoms with van der Waals surface area (Å²) in [6, 6.07) is 0. The van der Waals surface area contributed by atoms with E-state index in [2.05, 4.69) is 5.32 Å². The van der Waals surface area contributed by atoms with Crippen molar-refractivity contribution in [3.05, 3.63) is 0 Å². The number of rotatable bonds is 6. The van der Waals surface area contributed by atoms with Crippen molar-refractivity contribution in [2.24, 2.45) is 0 Å². The molecule has 0 heterocycles. The number of hydrogen-bond donors (Lipinski definition) is 1. The van der Waals surface area contributed by atoms with E-state index in [9.17, 15) is 4.79 Å². The molecule has 60 valence electrons. The molecule has 1 N–H and O–H groups in total. The van der Waals surface area contributed by atoms with E-state index in [0.717, 1.165) is 6.42 Å². The molecule has 3 nitrogen and oxygen atoms in total. The van der Waals surface area contributed by atoms with Crippen LogP contribution in [0, 0.1) is 0 Å². The highest BCUT2D eigenvalue weighted by atomic mass is 16.5. The molecule has 0 rings (SSSR count). The number of carbonyl (C=O) groups is 1. The van der Waals surface area contributed by atoms with Gasteiger partial charge in [0.25, 0.3) is 0 Å². The molecule has 10 heavy (non-hydrogen) atoms. The Labute approximate surface area is 61.8 Å². The first-order chi connectivity index (χ1) is 4.85. The van der Waals surface area contributed by atoms with Crippen molar-refractivity contribution in [2.75, 3.05) is 13.2 Å². The Morgan fingerprint density at radius 1 is 1.60 bits per heavy atom. The second kappa shape index (κ2) is 6.55. The lowest BCUT2D eigenvalue weighted by molar-refractivity contribution is -0.110. The van der Waals surface area contributed by atoms with Crippen LogP contribution in [0.25, 0.3) is 0 Å². The van der Waals surface area contributed by atoms with Crippen molar-refractivity contribution in [3.8, 4) is 0 Å². The van der Waals surface area contributed by atoms with Crippen LogP contribution in [-0.2, 0) is 9.53 Å². The van der Waals surface area contributed by atoms with Crippen molar-refractivity contribution in [3.63, 3.8) is 0 Å². The Morgan fingerprint density at radius 2 is 2.30 bits per heavy atom. The molecule has 0 bridgehead atoms. The molecule has 1 atom stereocenters. The largest absolute Gasteiger partial charge is 0.377 e. The maximum Gasteiger partial charge on any atom is 0.207 e. The third-order valence-electron chi connectivity index (χ3n) is 1.29. The van der Waals surface area contributed by atoms with Crippen molar-refractivity contribution in [2.45, 2.75) is 26.4 Å². The highest BCUT2D eigenvalue weighted by Crippen LogP contribution is 1.94. The van der Waals surface area contributed by atoms with Gasteiger partial charge in [0, 0.05) is 13.2 Å². The summed E-state index contributed by atoms with van der Waals surface area (Å²) in [6.45, 7) is 5.31. The van der Waals surface area contributed by atoms with Gasteiger partial charge < -0.3 is 10.1 Å². The smallest absolute Gasteiger partial charge is 0.207 e. The molecule has 0 aromatic rings. The molecule has 0 fully saturated rings. The molecule has 0 aromatic heterocycles. The SMILES string of the molecule is CCOC(CC)CNC=O. The zero-order valence-electron chi connectivity index (χ0n) is 6.59. The fraction of sp³-hybridized carbons (Fsp3) is 0.857. The third-order valence-corrected chi connectivity index (χ3v) is 1.29. The fourth-order valence-electron chi connectivity index (χ4n) is 0.736. The molecule has 0 saturated carbocycles. The fourth-order valence-corrected chi connectivity index (χ4v) is 0.736. The van der Waals surface area contributed by atoms with Crippen LogP contribution in [0.4, 0.5) is 0 Å². The van der Waals surface area contributed by atoms with Crippen molar-refractivity contribution < 1.29 is 9.53 Å². The van der Waals surface area contributed by atoms with Crippen LogP contribution in [0.5, 0.6) is 0 Å². The summed E-state index contributed by atoms with van der Waals surface area (Å²) < 4.78 is 5.27.